The Labute approximate surface area is 124 Å². The second kappa shape index (κ2) is 7.09. The minimum atomic E-state index is 0.141. The van der Waals surface area contributed by atoms with Gasteiger partial charge in [-0.1, -0.05) is 65.0 Å². The summed E-state index contributed by atoms with van der Waals surface area (Å²) >= 11 is 3.72. The minimum absolute atomic E-state index is 0.141. The number of carbonyl (C=O) groups is 1. The zero-order chi connectivity index (χ0) is 13.7. The summed E-state index contributed by atoms with van der Waals surface area (Å²) in [6.07, 6.45) is 6.51. The van der Waals surface area contributed by atoms with Crippen molar-refractivity contribution in [3.05, 3.63) is 35.4 Å². The second-order valence-electron chi connectivity index (χ2n) is 5.49. The fraction of sp³-hybridized carbons (Fsp3) is 0.562. The Morgan fingerprint density at radius 1 is 1.32 bits per heavy atom. The molecule has 0 aliphatic heterocycles. The lowest BCUT2D eigenvalue weighted by atomic mass is 10.1. The standard InChI is InChI=1S/C16H22BrNO/c1-12-6-5-7-13(10-12)11-16(19)18-15-9-4-2-3-8-14(15)17/h5-7,10,14-15H,2-4,8-9,11H2,1H3,(H,18,19). The van der Waals surface area contributed by atoms with Gasteiger partial charge in [0.05, 0.1) is 6.42 Å². The predicted octanol–water partition coefficient (Wildman–Crippen LogP) is 3.75. The molecule has 1 fully saturated rings. The highest BCUT2D eigenvalue weighted by molar-refractivity contribution is 9.09. The summed E-state index contributed by atoms with van der Waals surface area (Å²) in [4.78, 5) is 12.5. The maximum atomic E-state index is 12.1. The van der Waals surface area contributed by atoms with Crippen molar-refractivity contribution >= 4 is 21.8 Å². The van der Waals surface area contributed by atoms with Crippen LogP contribution in [0.1, 0.15) is 43.2 Å². The highest BCUT2D eigenvalue weighted by atomic mass is 79.9. The molecule has 0 saturated heterocycles. The number of halogens is 1. The molecule has 0 aromatic heterocycles. The summed E-state index contributed by atoms with van der Waals surface area (Å²) < 4.78 is 0. The highest BCUT2D eigenvalue weighted by Crippen LogP contribution is 2.23. The Balaban J connectivity index is 1.89. The number of aryl methyl sites for hydroxylation is 1. The van der Waals surface area contributed by atoms with Crippen molar-refractivity contribution < 1.29 is 4.79 Å². The van der Waals surface area contributed by atoms with Crippen molar-refractivity contribution in [2.45, 2.75) is 56.3 Å². The average molecular weight is 324 g/mol. The van der Waals surface area contributed by atoms with Gasteiger partial charge >= 0.3 is 0 Å². The summed E-state index contributed by atoms with van der Waals surface area (Å²) in [7, 11) is 0. The van der Waals surface area contributed by atoms with Crippen LogP contribution in [0, 0.1) is 6.92 Å². The van der Waals surface area contributed by atoms with E-state index in [1.165, 1.54) is 24.8 Å². The molecule has 1 amide bonds. The monoisotopic (exact) mass is 323 g/mol. The molecule has 0 heterocycles. The maximum Gasteiger partial charge on any atom is 0.224 e. The number of hydrogen-bond donors (Lipinski definition) is 1. The van der Waals surface area contributed by atoms with Crippen molar-refractivity contribution in [3.63, 3.8) is 0 Å². The predicted molar refractivity (Wildman–Crippen MR) is 82.6 cm³/mol. The number of hydrogen-bond acceptors (Lipinski definition) is 1. The lowest BCUT2D eigenvalue weighted by Gasteiger charge is -2.21. The Morgan fingerprint density at radius 2 is 2.11 bits per heavy atom. The first-order chi connectivity index (χ1) is 9.15. The summed E-state index contributed by atoms with van der Waals surface area (Å²) in [5, 5.41) is 3.19. The van der Waals surface area contributed by atoms with E-state index in [-0.39, 0.29) is 5.91 Å². The van der Waals surface area contributed by atoms with Gasteiger partial charge in [-0.3, -0.25) is 4.79 Å². The van der Waals surface area contributed by atoms with E-state index in [2.05, 4.69) is 40.3 Å². The summed E-state index contributed by atoms with van der Waals surface area (Å²) in [5.74, 6) is 0.141. The Kier molecular flexibility index (Phi) is 5.44. The van der Waals surface area contributed by atoms with E-state index >= 15 is 0 Å². The van der Waals surface area contributed by atoms with Gasteiger partial charge in [-0.2, -0.15) is 0 Å². The normalized spacial score (nSPS) is 23.7. The first-order valence-electron chi connectivity index (χ1n) is 7.14. The number of alkyl halides is 1. The van der Waals surface area contributed by atoms with Crippen molar-refractivity contribution in [3.8, 4) is 0 Å². The van der Waals surface area contributed by atoms with Gasteiger partial charge in [-0.25, -0.2) is 0 Å². The van der Waals surface area contributed by atoms with Crippen molar-refractivity contribution in [1.82, 2.24) is 5.32 Å². The zero-order valence-corrected chi connectivity index (χ0v) is 13.1. The number of carbonyl (C=O) groups excluding carboxylic acids is 1. The molecule has 0 spiro atoms. The molecule has 1 aliphatic carbocycles. The average Bonchev–Trinajstić information content (AvgIpc) is 2.55. The first kappa shape index (κ1) is 14.6. The molecule has 19 heavy (non-hydrogen) atoms. The molecular weight excluding hydrogens is 302 g/mol. The largest absolute Gasteiger partial charge is 0.352 e. The number of nitrogens with one attached hydrogen (secondary N) is 1. The summed E-state index contributed by atoms with van der Waals surface area (Å²) in [6.45, 7) is 2.06. The first-order valence-corrected chi connectivity index (χ1v) is 8.05. The molecule has 2 nitrogen and oxygen atoms in total. The molecular formula is C16H22BrNO. The van der Waals surface area contributed by atoms with Gasteiger partial charge in [-0.15, -0.1) is 0 Å². The van der Waals surface area contributed by atoms with Crippen molar-refractivity contribution in [2.24, 2.45) is 0 Å². The van der Waals surface area contributed by atoms with Crippen LogP contribution >= 0.6 is 15.9 Å². The quantitative estimate of drug-likeness (QED) is 0.666. The fourth-order valence-electron chi connectivity index (χ4n) is 2.69. The van der Waals surface area contributed by atoms with E-state index in [9.17, 15) is 4.79 Å². The summed E-state index contributed by atoms with van der Waals surface area (Å²) in [6, 6.07) is 8.46. The Bertz CT molecular complexity index is 433. The smallest absolute Gasteiger partial charge is 0.224 e. The van der Waals surface area contributed by atoms with Gasteiger partial charge in [0.25, 0.3) is 0 Å². The van der Waals surface area contributed by atoms with Crippen LogP contribution in [0.15, 0.2) is 24.3 Å². The van der Waals surface area contributed by atoms with E-state index in [0.717, 1.165) is 18.4 Å². The van der Waals surface area contributed by atoms with Crippen LogP contribution in [-0.2, 0) is 11.2 Å². The molecule has 1 aromatic carbocycles. The number of benzene rings is 1. The van der Waals surface area contributed by atoms with Crippen LogP contribution in [-0.4, -0.2) is 16.8 Å². The second-order valence-corrected chi connectivity index (χ2v) is 6.67. The van der Waals surface area contributed by atoms with E-state index in [0.29, 0.717) is 17.3 Å². The minimum Gasteiger partial charge on any atom is -0.352 e. The molecule has 0 radical (unpaired) electrons. The third-order valence-electron chi connectivity index (χ3n) is 3.73. The van der Waals surface area contributed by atoms with Crippen LogP contribution < -0.4 is 5.32 Å². The third-order valence-corrected chi connectivity index (χ3v) is 4.82. The zero-order valence-electron chi connectivity index (χ0n) is 11.5. The van der Waals surface area contributed by atoms with E-state index in [1.807, 2.05) is 12.1 Å². The number of rotatable bonds is 3. The Hall–Kier alpha value is -0.830. The molecule has 2 atom stereocenters. The molecule has 1 N–H and O–H groups in total. The molecule has 1 saturated carbocycles. The van der Waals surface area contributed by atoms with Crippen LogP contribution in [0.3, 0.4) is 0 Å². The van der Waals surface area contributed by atoms with Crippen LogP contribution in [0.5, 0.6) is 0 Å². The third kappa shape index (κ3) is 4.64. The number of amides is 1. The summed E-state index contributed by atoms with van der Waals surface area (Å²) in [5.41, 5.74) is 2.30. The van der Waals surface area contributed by atoms with Gasteiger partial charge in [0.1, 0.15) is 0 Å². The van der Waals surface area contributed by atoms with Gasteiger partial charge in [0.2, 0.25) is 5.91 Å². The van der Waals surface area contributed by atoms with Crippen LogP contribution in [0.2, 0.25) is 0 Å². The SMILES string of the molecule is Cc1cccc(CC(=O)NC2CCCCCC2Br)c1. The molecule has 2 unspecified atom stereocenters. The lowest BCUT2D eigenvalue weighted by Crippen LogP contribution is -2.41. The van der Waals surface area contributed by atoms with Crippen LogP contribution in [0.25, 0.3) is 0 Å². The maximum absolute atomic E-state index is 12.1. The van der Waals surface area contributed by atoms with Gasteiger partial charge < -0.3 is 5.32 Å². The molecule has 3 heteroatoms. The van der Waals surface area contributed by atoms with E-state index in [4.69, 9.17) is 0 Å². The Morgan fingerprint density at radius 3 is 2.89 bits per heavy atom. The van der Waals surface area contributed by atoms with E-state index in [1.54, 1.807) is 0 Å². The van der Waals surface area contributed by atoms with Gasteiger partial charge in [0.15, 0.2) is 0 Å². The topological polar surface area (TPSA) is 29.1 Å². The van der Waals surface area contributed by atoms with E-state index < -0.39 is 0 Å². The van der Waals surface area contributed by atoms with Crippen molar-refractivity contribution in [1.29, 1.82) is 0 Å². The molecule has 1 aliphatic rings. The van der Waals surface area contributed by atoms with Gasteiger partial charge in [0, 0.05) is 10.9 Å². The molecule has 2 rings (SSSR count). The van der Waals surface area contributed by atoms with Crippen molar-refractivity contribution in [2.75, 3.05) is 0 Å². The fourth-order valence-corrected chi connectivity index (χ4v) is 3.41. The lowest BCUT2D eigenvalue weighted by molar-refractivity contribution is -0.121. The van der Waals surface area contributed by atoms with Gasteiger partial charge in [-0.05, 0) is 25.3 Å². The molecule has 104 valence electrons. The highest BCUT2D eigenvalue weighted by Gasteiger charge is 2.22. The van der Waals surface area contributed by atoms with Crippen LogP contribution in [0.4, 0.5) is 0 Å². The molecule has 1 aromatic rings. The molecule has 0 bridgehead atoms.